The molecule has 0 saturated heterocycles. The Kier molecular flexibility index (Phi) is 2.87. The molecule has 0 aliphatic rings. The number of aryl methyl sites for hydroxylation is 2. The molecular weight excluding hydrogens is 336 g/mol. The molecule has 0 saturated carbocycles. The molecule has 0 spiro atoms. The normalized spacial score (nSPS) is 11.9. The van der Waals surface area contributed by atoms with Crippen LogP contribution in [0.5, 0.6) is 0 Å². The van der Waals surface area contributed by atoms with E-state index in [9.17, 15) is 4.79 Å². The standard InChI is InChI=1S/C17H14N6OS/c1-9-20-16-15(25-9)12-7-19-23(17(24)14(12)22(16)2)8-11-5-3-4-10-6-18-21-13(10)11/h3-7H,8H2,1-2H3,(H,18,21). The topological polar surface area (TPSA) is 81.4 Å². The largest absolute Gasteiger partial charge is 0.323 e. The number of thiazole rings is 1. The number of fused-ring (bicyclic) bond motifs is 4. The van der Waals surface area contributed by atoms with Gasteiger partial charge in [-0.3, -0.25) is 9.89 Å². The summed E-state index contributed by atoms with van der Waals surface area (Å²) in [5.41, 5.74) is 3.28. The average Bonchev–Trinajstić information content (AvgIpc) is 3.27. The molecule has 0 aliphatic heterocycles. The van der Waals surface area contributed by atoms with Gasteiger partial charge >= 0.3 is 0 Å². The Hall–Kier alpha value is -3.00. The van der Waals surface area contributed by atoms with Gasteiger partial charge in [-0.05, 0) is 12.5 Å². The number of H-pyrrole nitrogens is 1. The van der Waals surface area contributed by atoms with Gasteiger partial charge in [-0.1, -0.05) is 18.2 Å². The summed E-state index contributed by atoms with van der Waals surface area (Å²) in [6, 6.07) is 5.93. The molecule has 5 aromatic rings. The van der Waals surface area contributed by atoms with E-state index in [-0.39, 0.29) is 5.56 Å². The number of benzene rings is 1. The Morgan fingerprint density at radius 2 is 2.16 bits per heavy atom. The number of hydrogen-bond donors (Lipinski definition) is 1. The average molecular weight is 350 g/mol. The first-order chi connectivity index (χ1) is 12.1. The molecule has 0 atom stereocenters. The van der Waals surface area contributed by atoms with E-state index < -0.39 is 0 Å². The molecule has 0 aliphatic carbocycles. The molecule has 4 heterocycles. The second-order valence-corrected chi connectivity index (χ2v) is 7.27. The minimum atomic E-state index is -0.112. The second-order valence-electron chi connectivity index (χ2n) is 6.07. The highest BCUT2D eigenvalue weighted by Gasteiger charge is 2.17. The molecule has 0 fully saturated rings. The van der Waals surface area contributed by atoms with Crippen molar-refractivity contribution in [2.45, 2.75) is 13.5 Å². The predicted molar refractivity (Wildman–Crippen MR) is 98.1 cm³/mol. The Morgan fingerprint density at radius 1 is 1.28 bits per heavy atom. The highest BCUT2D eigenvalue weighted by molar-refractivity contribution is 7.19. The minimum absolute atomic E-state index is 0.112. The van der Waals surface area contributed by atoms with E-state index in [4.69, 9.17) is 0 Å². The molecule has 8 heteroatoms. The number of nitrogens with one attached hydrogen (secondary N) is 1. The first-order valence-corrected chi connectivity index (χ1v) is 8.68. The zero-order valence-electron chi connectivity index (χ0n) is 13.6. The van der Waals surface area contributed by atoms with Gasteiger partial charge in [0.1, 0.15) is 5.52 Å². The molecule has 124 valence electrons. The van der Waals surface area contributed by atoms with Crippen molar-refractivity contribution in [3.63, 3.8) is 0 Å². The van der Waals surface area contributed by atoms with Crippen LogP contribution in [-0.4, -0.2) is 29.5 Å². The van der Waals surface area contributed by atoms with E-state index in [1.165, 1.54) is 4.68 Å². The molecule has 1 N–H and O–H groups in total. The summed E-state index contributed by atoms with van der Waals surface area (Å²) in [6.07, 6.45) is 3.54. The zero-order valence-corrected chi connectivity index (χ0v) is 14.5. The summed E-state index contributed by atoms with van der Waals surface area (Å²) in [6.45, 7) is 2.36. The number of aromatic amines is 1. The van der Waals surface area contributed by atoms with Crippen molar-refractivity contribution in [2.24, 2.45) is 7.05 Å². The van der Waals surface area contributed by atoms with E-state index in [1.54, 1.807) is 23.7 Å². The van der Waals surface area contributed by atoms with Crippen LogP contribution < -0.4 is 5.56 Å². The van der Waals surface area contributed by atoms with E-state index in [0.29, 0.717) is 12.1 Å². The van der Waals surface area contributed by atoms with E-state index >= 15 is 0 Å². The molecule has 25 heavy (non-hydrogen) atoms. The fourth-order valence-electron chi connectivity index (χ4n) is 3.33. The van der Waals surface area contributed by atoms with Gasteiger partial charge in [0.2, 0.25) is 0 Å². The molecule has 0 amide bonds. The predicted octanol–water partition coefficient (Wildman–Crippen LogP) is 2.58. The van der Waals surface area contributed by atoms with E-state index in [2.05, 4.69) is 20.3 Å². The van der Waals surface area contributed by atoms with Gasteiger partial charge in [0.25, 0.3) is 5.56 Å². The van der Waals surface area contributed by atoms with Crippen molar-refractivity contribution in [3.05, 3.63) is 51.5 Å². The van der Waals surface area contributed by atoms with Crippen molar-refractivity contribution < 1.29 is 0 Å². The first-order valence-electron chi connectivity index (χ1n) is 7.86. The lowest BCUT2D eigenvalue weighted by atomic mass is 10.1. The molecule has 0 bridgehead atoms. The van der Waals surface area contributed by atoms with Crippen LogP contribution >= 0.6 is 11.3 Å². The third-order valence-electron chi connectivity index (χ3n) is 4.52. The van der Waals surface area contributed by atoms with Gasteiger partial charge in [-0.2, -0.15) is 10.2 Å². The third-order valence-corrected chi connectivity index (χ3v) is 5.51. The maximum atomic E-state index is 13.0. The Bertz CT molecular complexity index is 1320. The fraction of sp³-hybridized carbons (Fsp3) is 0.176. The molecule has 0 unspecified atom stereocenters. The smallest absolute Gasteiger partial charge is 0.291 e. The van der Waals surface area contributed by atoms with Gasteiger partial charge in [-0.25, -0.2) is 9.67 Å². The van der Waals surface area contributed by atoms with Crippen molar-refractivity contribution in [2.75, 3.05) is 0 Å². The SMILES string of the molecule is Cc1nc2c(s1)c1cnn(Cc3cccc4cn[nH]c34)c(=O)c1n2C. The highest BCUT2D eigenvalue weighted by atomic mass is 32.1. The fourth-order valence-corrected chi connectivity index (χ4v) is 4.29. The monoisotopic (exact) mass is 350 g/mol. The lowest BCUT2D eigenvalue weighted by Gasteiger charge is -2.06. The van der Waals surface area contributed by atoms with Crippen LogP contribution in [0.25, 0.3) is 32.2 Å². The lowest BCUT2D eigenvalue weighted by molar-refractivity contribution is 0.646. The highest BCUT2D eigenvalue weighted by Crippen LogP contribution is 2.30. The summed E-state index contributed by atoms with van der Waals surface area (Å²) in [7, 11) is 1.88. The number of hydrogen-bond acceptors (Lipinski definition) is 5. The van der Waals surface area contributed by atoms with Crippen LogP contribution in [-0.2, 0) is 13.6 Å². The van der Waals surface area contributed by atoms with Crippen LogP contribution in [0.2, 0.25) is 0 Å². The number of aromatic nitrogens is 6. The quantitative estimate of drug-likeness (QED) is 0.530. The van der Waals surface area contributed by atoms with Gasteiger partial charge in [0.05, 0.1) is 34.2 Å². The van der Waals surface area contributed by atoms with Crippen LogP contribution in [0.15, 0.2) is 35.4 Å². The van der Waals surface area contributed by atoms with Crippen molar-refractivity contribution in [1.29, 1.82) is 0 Å². The van der Waals surface area contributed by atoms with Gasteiger partial charge < -0.3 is 4.57 Å². The van der Waals surface area contributed by atoms with Gasteiger partial charge in [0, 0.05) is 17.8 Å². The summed E-state index contributed by atoms with van der Waals surface area (Å²) in [4.78, 5) is 17.5. The summed E-state index contributed by atoms with van der Waals surface area (Å²) in [5.74, 6) is 0. The van der Waals surface area contributed by atoms with Crippen LogP contribution in [0.1, 0.15) is 10.6 Å². The first kappa shape index (κ1) is 14.4. The second kappa shape index (κ2) is 5.00. The van der Waals surface area contributed by atoms with Crippen molar-refractivity contribution in [3.8, 4) is 0 Å². The molecule has 0 radical (unpaired) electrons. The zero-order chi connectivity index (χ0) is 17.1. The lowest BCUT2D eigenvalue weighted by Crippen LogP contribution is -2.24. The number of nitrogens with zero attached hydrogens (tertiary/aromatic N) is 5. The minimum Gasteiger partial charge on any atom is -0.323 e. The number of para-hydroxylation sites is 1. The molecular formula is C17H14N6OS. The maximum Gasteiger partial charge on any atom is 0.291 e. The van der Waals surface area contributed by atoms with Crippen LogP contribution in [0.3, 0.4) is 0 Å². The molecule has 4 aromatic heterocycles. The van der Waals surface area contributed by atoms with Crippen molar-refractivity contribution in [1.82, 2.24) is 29.5 Å². The van der Waals surface area contributed by atoms with Gasteiger partial charge in [0.15, 0.2) is 5.65 Å². The molecule has 7 nitrogen and oxygen atoms in total. The maximum absolute atomic E-state index is 13.0. The van der Waals surface area contributed by atoms with E-state index in [0.717, 1.165) is 37.2 Å². The van der Waals surface area contributed by atoms with E-state index in [1.807, 2.05) is 36.7 Å². The molecule has 5 rings (SSSR count). The van der Waals surface area contributed by atoms with Gasteiger partial charge in [-0.15, -0.1) is 11.3 Å². The summed E-state index contributed by atoms with van der Waals surface area (Å²) >= 11 is 1.59. The van der Waals surface area contributed by atoms with Crippen LogP contribution in [0, 0.1) is 6.92 Å². The summed E-state index contributed by atoms with van der Waals surface area (Å²) < 4.78 is 4.38. The molecule has 1 aromatic carbocycles. The van der Waals surface area contributed by atoms with Crippen molar-refractivity contribution >= 4 is 43.5 Å². The van der Waals surface area contributed by atoms with Crippen LogP contribution in [0.4, 0.5) is 0 Å². The Balaban J connectivity index is 1.72. The Morgan fingerprint density at radius 3 is 3.04 bits per heavy atom. The summed E-state index contributed by atoms with van der Waals surface area (Å²) in [5, 5.41) is 14.3. The Labute approximate surface area is 145 Å². The third kappa shape index (κ3) is 1.97. The number of rotatable bonds is 2.